The van der Waals surface area contributed by atoms with E-state index in [1.807, 2.05) is 0 Å². The molecule has 0 aliphatic carbocycles. The molecule has 1 aromatic carbocycles. The lowest BCUT2D eigenvalue weighted by Crippen LogP contribution is -2.23. The number of aromatic amines is 1. The number of carbonyl (C=O) groups is 1. The van der Waals surface area contributed by atoms with E-state index in [9.17, 15) is 13.2 Å². The van der Waals surface area contributed by atoms with E-state index < -0.39 is 10.0 Å². The minimum Gasteiger partial charge on any atom is -0.335 e. The van der Waals surface area contributed by atoms with Crippen molar-refractivity contribution in [3.05, 3.63) is 42.4 Å². The van der Waals surface area contributed by atoms with Crippen LogP contribution in [0.5, 0.6) is 0 Å². The van der Waals surface area contributed by atoms with Crippen LogP contribution in [-0.4, -0.2) is 24.3 Å². The number of hydrogen-bond donors (Lipinski definition) is 3. The van der Waals surface area contributed by atoms with Crippen molar-refractivity contribution in [3.8, 4) is 0 Å². The van der Waals surface area contributed by atoms with E-state index in [4.69, 9.17) is 0 Å². The number of benzene rings is 1. The summed E-state index contributed by atoms with van der Waals surface area (Å²) in [6, 6.07) is 6.89. The Labute approximate surface area is 116 Å². The highest BCUT2D eigenvalue weighted by Crippen LogP contribution is 2.10. The van der Waals surface area contributed by atoms with Crippen molar-refractivity contribution in [1.82, 2.24) is 14.7 Å². The lowest BCUT2D eigenvalue weighted by Gasteiger charge is -2.06. The molecule has 3 N–H and O–H groups in total. The van der Waals surface area contributed by atoms with Gasteiger partial charge in [0, 0.05) is 19.2 Å². The first-order valence-electron chi connectivity index (χ1n) is 5.82. The number of amides is 1. The summed E-state index contributed by atoms with van der Waals surface area (Å²) in [5, 5.41) is 2.66. The van der Waals surface area contributed by atoms with Gasteiger partial charge in [0.1, 0.15) is 0 Å². The largest absolute Gasteiger partial charge is 0.335 e. The lowest BCUT2D eigenvalue weighted by molar-refractivity contribution is -0.114. The third-order valence-corrected chi connectivity index (χ3v) is 3.83. The number of nitrogens with one attached hydrogen (secondary N) is 3. The summed E-state index contributed by atoms with van der Waals surface area (Å²) in [6.07, 6.45) is 2.54. The minimum absolute atomic E-state index is 0.0207. The summed E-state index contributed by atoms with van der Waals surface area (Å²) in [5.41, 5.74) is 1.44. The molecule has 0 radical (unpaired) electrons. The first kappa shape index (κ1) is 14.2. The number of hydrogen-bond acceptors (Lipinski definition) is 4. The molecule has 0 saturated heterocycles. The third-order valence-electron chi connectivity index (χ3n) is 2.50. The van der Waals surface area contributed by atoms with Crippen molar-refractivity contribution < 1.29 is 13.2 Å². The number of anilines is 1. The van der Waals surface area contributed by atoms with Crippen molar-refractivity contribution in [1.29, 1.82) is 0 Å². The second-order valence-corrected chi connectivity index (χ2v) is 5.85. The van der Waals surface area contributed by atoms with E-state index in [-0.39, 0.29) is 17.5 Å². The summed E-state index contributed by atoms with van der Waals surface area (Å²) >= 11 is 0. The molecule has 2 aromatic rings. The second kappa shape index (κ2) is 5.85. The summed E-state index contributed by atoms with van der Waals surface area (Å²) < 4.78 is 26.1. The zero-order valence-electron chi connectivity index (χ0n) is 10.8. The fraction of sp³-hybridized carbons (Fsp3) is 0.167. The van der Waals surface area contributed by atoms with Crippen LogP contribution in [0.3, 0.4) is 0 Å². The molecule has 0 fully saturated rings. The van der Waals surface area contributed by atoms with Gasteiger partial charge in [0.15, 0.2) is 5.03 Å². The number of rotatable bonds is 5. The Morgan fingerprint density at radius 3 is 2.55 bits per heavy atom. The molecular formula is C12H14N4O3S. The molecule has 0 spiro atoms. The number of sulfonamides is 1. The normalized spacial score (nSPS) is 11.2. The van der Waals surface area contributed by atoms with Crippen LogP contribution >= 0.6 is 0 Å². The first-order valence-corrected chi connectivity index (χ1v) is 7.30. The molecule has 1 amide bonds. The number of carbonyl (C=O) groups excluding carboxylic acids is 1. The van der Waals surface area contributed by atoms with Gasteiger partial charge in [-0.3, -0.25) is 4.79 Å². The molecule has 0 bridgehead atoms. The maximum atomic E-state index is 11.8. The average molecular weight is 294 g/mol. The highest BCUT2D eigenvalue weighted by atomic mass is 32.2. The molecule has 0 aliphatic heterocycles. The van der Waals surface area contributed by atoms with Crippen LogP contribution in [0, 0.1) is 0 Å². The molecule has 0 atom stereocenters. The van der Waals surface area contributed by atoms with E-state index in [0.29, 0.717) is 5.69 Å². The molecule has 106 valence electrons. The SMILES string of the molecule is CC(=O)Nc1ccc(CNS(=O)(=O)c2cnc[nH]2)cc1. The molecule has 1 heterocycles. The number of nitrogens with zero attached hydrogens (tertiary/aromatic N) is 1. The molecule has 8 heteroatoms. The van der Waals surface area contributed by atoms with Gasteiger partial charge in [-0.1, -0.05) is 12.1 Å². The van der Waals surface area contributed by atoms with Crippen molar-refractivity contribution in [2.24, 2.45) is 0 Å². The van der Waals surface area contributed by atoms with Crippen molar-refractivity contribution in [2.75, 3.05) is 5.32 Å². The maximum absolute atomic E-state index is 11.8. The Morgan fingerprint density at radius 1 is 1.30 bits per heavy atom. The summed E-state index contributed by atoms with van der Waals surface area (Å²) in [7, 11) is -3.58. The Bertz CT molecular complexity index is 678. The smallest absolute Gasteiger partial charge is 0.257 e. The zero-order valence-corrected chi connectivity index (χ0v) is 11.6. The predicted molar refractivity (Wildman–Crippen MR) is 73.4 cm³/mol. The Balaban J connectivity index is 1.99. The van der Waals surface area contributed by atoms with Gasteiger partial charge < -0.3 is 10.3 Å². The monoisotopic (exact) mass is 294 g/mol. The standard InChI is InChI=1S/C12H14N4O3S/c1-9(17)16-11-4-2-10(3-5-11)6-15-20(18,19)12-7-13-8-14-12/h2-5,7-8,15H,6H2,1H3,(H,13,14)(H,16,17). The average Bonchev–Trinajstić information content (AvgIpc) is 2.92. The third kappa shape index (κ3) is 3.65. The summed E-state index contributed by atoms with van der Waals surface area (Å²) in [6.45, 7) is 1.58. The van der Waals surface area contributed by atoms with Crippen molar-refractivity contribution in [3.63, 3.8) is 0 Å². The topological polar surface area (TPSA) is 104 Å². The molecule has 0 unspecified atom stereocenters. The van der Waals surface area contributed by atoms with Gasteiger partial charge >= 0.3 is 0 Å². The van der Waals surface area contributed by atoms with Gasteiger partial charge in [-0.15, -0.1) is 0 Å². The van der Waals surface area contributed by atoms with Crippen LogP contribution < -0.4 is 10.0 Å². The number of imidazole rings is 1. The van der Waals surface area contributed by atoms with Crippen LogP contribution in [-0.2, 0) is 21.4 Å². The molecule has 7 nitrogen and oxygen atoms in total. The Hall–Kier alpha value is -2.19. The van der Waals surface area contributed by atoms with Crippen LogP contribution in [0.15, 0.2) is 41.8 Å². The van der Waals surface area contributed by atoms with Gasteiger partial charge in [-0.25, -0.2) is 18.1 Å². The molecule has 0 saturated carbocycles. The van der Waals surface area contributed by atoms with E-state index in [0.717, 1.165) is 5.56 Å². The lowest BCUT2D eigenvalue weighted by atomic mass is 10.2. The molecule has 2 rings (SSSR count). The fourth-order valence-electron chi connectivity index (χ4n) is 1.56. The predicted octanol–water partition coefficient (Wildman–Crippen LogP) is 0.847. The van der Waals surface area contributed by atoms with Crippen molar-refractivity contribution >= 4 is 21.6 Å². The fourth-order valence-corrected chi connectivity index (χ4v) is 2.48. The number of H-pyrrole nitrogens is 1. The Kier molecular flexibility index (Phi) is 4.16. The van der Waals surface area contributed by atoms with E-state index in [1.54, 1.807) is 24.3 Å². The van der Waals surface area contributed by atoms with Crippen LogP contribution in [0.4, 0.5) is 5.69 Å². The van der Waals surface area contributed by atoms with E-state index >= 15 is 0 Å². The summed E-state index contributed by atoms with van der Waals surface area (Å²) in [4.78, 5) is 17.1. The maximum Gasteiger partial charge on any atom is 0.257 e. The highest BCUT2D eigenvalue weighted by molar-refractivity contribution is 7.89. The minimum atomic E-state index is -3.58. The van der Waals surface area contributed by atoms with E-state index in [2.05, 4.69) is 20.0 Å². The van der Waals surface area contributed by atoms with Crippen LogP contribution in [0.25, 0.3) is 0 Å². The molecule has 0 aliphatic rings. The second-order valence-electron chi connectivity index (χ2n) is 4.12. The Morgan fingerprint density at radius 2 is 2.00 bits per heavy atom. The quantitative estimate of drug-likeness (QED) is 0.760. The van der Waals surface area contributed by atoms with Crippen LogP contribution in [0.2, 0.25) is 0 Å². The van der Waals surface area contributed by atoms with Gasteiger partial charge in [0.2, 0.25) is 5.91 Å². The van der Waals surface area contributed by atoms with Gasteiger partial charge in [0.05, 0.1) is 12.5 Å². The zero-order chi connectivity index (χ0) is 14.6. The van der Waals surface area contributed by atoms with Gasteiger partial charge in [-0.2, -0.15) is 0 Å². The van der Waals surface area contributed by atoms with Gasteiger partial charge in [-0.05, 0) is 17.7 Å². The highest BCUT2D eigenvalue weighted by Gasteiger charge is 2.14. The van der Waals surface area contributed by atoms with Crippen LogP contribution in [0.1, 0.15) is 12.5 Å². The van der Waals surface area contributed by atoms with Crippen molar-refractivity contribution in [2.45, 2.75) is 18.5 Å². The number of aromatic nitrogens is 2. The van der Waals surface area contributed by atoms with Gasteiger partial charge in [0.25, 0.3) is 10.0 Å². The molecule has 20 heavy (non-hydrogen) atoms. The first-order chi connectivity index (χ1) is 9.47. The molecular weight excluding hydrogens is 280 g/mol. The summed E-state index contributed by atoms with van der Waals surface area (Å²) in [5.74, 6) is -0.155. The van der Waals surface area contributed by atoms with E-state index in [1.165, 1.54) is 19.4 Å². The molecule has 1 aromatic heterocycles.